The van der Waals surface area contributed by atoms with Gasteiger partial charge in [-0.25, -0.2) is 0 Å². The van der Waals surface area contributed by atoms with E-state index < -0.39 is 6.10 Å². The minimum Gasteiger partial charge on any atom is -0.380 e. The Morgan fingerprint density at radius 1 is 1.25 bits per heavy atom. The van der Waals surface area contributed by atoms with Crippen molar-refractivity contribution in [3.63, 3.8) is 0 Å². The van der Waals surface area contributed by atoms with Gasteiger partial charge in [-0.05, 0) is 24.8 Å². The second kappa shape index (κ2) is 7.96. The first-order valence-corrected chi connectivity index (χ1v) is 6.03. The number of aliphatic hydroxyl groups excluding tert-OH is 1. The van der Waals surface area contributed by atoms with Crippen molar-refractivity contribution in [3.05, 3.63) is 35.9 Å². The quantitative estimate of drug-likeness (QED) is 0.592. The van der Waals surface area contributed by atoms with E-state index in [9.17, 15) is 5.11 Å². The van der Waals surface area contributed by atoms with E-state index >= 15 is 0 Å². The lowest BCUT2D eigenvalue weighted by atomic mass is 10.1. The van der Waals surface area contributed by atoms with Crippen LogP contribution in [-0.4, -0.2) is 11.2 Å². The molecule has 0 saturated carbocycles. The van der Waals surface area contributed by atoms with Crippen LogP contribution in [0.4, 0.5) is 0 Å². The normalized spacial score (nSPS) is 11.6. The van der Waals surface area contributed by atoms with Gasteiger partial charge in [-0.15, -0.1) is 5.92 Å². The number of hydrogen-bond acceptors (Lipinski definition) is 1. The van der Waals surface area contributed by atoms with Crippen molar-refractivity contribution in [2.75, 3.05) is 0 Å². The molecule has 0 fully saturated rings. The Bertz CT molecular complexity index is 331. The molecule has 86 valence electrons. The molecule has 1 N–H and O–H groups in total. The minimum atomic E-state index is -0.475. The molecule has 0 aromatic heterocycles. The third-order valence-corrected chi connectivity index (χ3v) is 2.47. The maximum absolute atomic E-state index is 9.64. The van der Waals surface area contributed by atoms with E-state index in [0.29, 0.717) is 0 Å². The highest BCUT2D eigenvalue weighted by molar-refractivity contribution is 5.15. The molecular weight excluding hydrogens is 196 g/mol. The number of hydrogen-bond donors (Lipinski definition) is 1. The zero-order valence-electron chi connectivity index (χ0n) is 9.95. The van der Waals surface area contributed by atoms with Crippen LogP contribution in [0.25, 0.3) is 0 Å². The summed E-state index contributed by atoms with van der Waals surface area (Å²) in [6.07, 6.45) is 4.33. The zero-order chi connectivity index (χ0) is 11.6. The molecule has 0 bridgehead atoms. The van der Waals surface area contributed by atoms with E-state index in [1.54, 1.807) is 0 Å². The van der Waals surface area contributed by atoms with Crippen LogP contribution >= 0.6 is 0 Å². The van der Waals surface area contributed by atoms with Gasteiger partial charge >= 0.3 is 0 Å². The second-order valence-electron chi connectivity index (χ2n) is 3.96. The van der Waals surface area contributed by atoms with Gasteiger partial charge in [-0.3, -0.25) is 0 Å². The summed E-state index contributed by atoms with van der Waals surface area (Å²) in [6, 6.07) is 10.2. The average Bonchev–Trinajstić information content (AvgIpc) is 2.33. The number of benzene rings is 1. The molecule has 1 nitrogen and oxygen atoms in total. The molecule has 0 amide bonds. The smallest absolute Gasteiger partial charge is 0.115 e. The maximum atomic E-state index is 9.64. The van der Waals surface area contributed by atoms with Gasteiger partial charge in [0.05, 0.1) is 0 Å². The summed E-state index contributed by atoms with van der Waals surface area (Å²) in [5, 5.41) is 9.64. The Hall–Kier alpha value is -1.26. The van der Waals surface area contributed by atoms with E-state index in [-0.39, 0.29) is 0 Å². The molecule has 0 saturated heterocycles. The Labute approximate surface area is 98.5 Å². The lowest BCUT2D eigenvalue weighted by Gasteiger charge is -2.03. The summed E-state index contributed by atoms with van der Waals surface area (Å²) in [5.41, 5.74) is 1.26. The highest BCUT2D eigenvalue weighted by atomic mass is 16.3. The van der Waals surface area contributed by atoms with Crippen LogP contribution in [0, 0.1) is 11.8 Å². The summed E-state index contributed by atoms with van der Waals surface area (Å²) in [5.74, 6) is 5.92. The first-order valence-electron chi connectivity index (χ1n) is 6.03. The molecule has 0 radical (unpaired) electrons. The lowest BCUT2D eigenvalue weighted by Crippen LogP contribution is -2.04. The van der Waals surface area contributed by atoms with E-state index in [4.69, 9.17) is 0 Å². The van der Waals surface area contributed by atoms with Gasteiger partial charge in [-0.2, -0.15) is 0 Å². The third kappa shape index (κ3) is 5.58. The van der Waals surface area contributed by atoms with Gasteiger partial charge in [0.15, 0.2) is 0 Å². The molecule has 1 aromatic carbocycles. The summed E-state index contributed by atoms with van der Waals surface area (Å²) >= 11 is 0. The molecule has 1 heteroatoms. The maximum Gasteiger partial charge on any atom is 0.115 e. The van der Waals surface area contributed by atoms with Crippen LogP contribution in [0.1, 0.15) is 38.2 Å². The van der Waals surface area contributed by atoms with Crippen LogP contribution < -0.4 is 0 Å². The largest absolute Gasteiger partial charge is 0.380 e. The van der Waals surface area contributed by atoms with Crippen molar-refractivity contribution in [2.45, 2.75) is 45.1 Å². The fourth-order valence-corrected chi connectivity index (χ4v) is 1.48. The predicted octanol–water partition coefficient (Wildman–Crippen LogP) is 3.17. The van der Waals surface area contributed by atoms with E-state index in [2.05, 4.69) is 30.9 Å². The van der Waals surface area contributed by atoms with Crippen molar-refractivity contribution in [2.24, 2.45) is 0 Å². The summed E-state index contributed by atoms with van der Waals surface area (Å²) in [6.45, 7) is 2.15. The Morgan fingerprint density at radius 2 is 2.00 bits per heavy atom. The fraction of sp³-hybridized carbons (Fsp3) is 0.467. The highest BCUT2D eigenvalue weighted by Gasteiger charge is 1.99. The molecule has 0 aliphatic rings. The monoisotopic (exact) mass is 216 g/mol. The number of aliphatic hydroxyl groups is 1. The molecule has 1 unspecified atom stereocenters. The molecule has 0 aliphatic heterocycles. The molecule has 1 rings (SSSR count). The molecule has 0 aliphatic carbocycles. The van der Waals surface area contributed by atoms with Crippen LogP contribution in [0.5, 0.6) is 0 Å². The third-order valence-electron chi connectivity index (χ3n) is 2.47. The van der Waals surface area contributed by atoms with Crippen molar-refractivity contribution >= 4 is 0 Å². The summed E-state index contributed by atoms with van der Waals surface area (Å²) in [4.78, 5) is 0. The van der Waals surface area contributed by atoms with Gasteiger partial charge in [0.2, 0.25) is 0 Å². The summed E-state index contributed by atoms with van der Waals surface area (Å²) < 4.78 is 0. The van der Waals surface area contributed by atoms with E-state index in [1.165, 1.54) is 5.56 Å². The number of aryl methyl sites for hydroxylation is 1. The summed E-state index contributed by atoms with van der Waals surface area (Å²) in [7, 11) is 0. The van der Waals surface area contributed by atoms with Crippen molar-refractivity contribution in [1.29, 1.82) is 0 Å². The van der Waals surface area contributed by atoms with Gasteiger partial charge in [-0.1, -0.05) is 49.6 Å². The predicted molar refractivity (Wildman–Crippen MR) is 68.1 cm³/mol. The zero-order valence-corrected chi connectivity index (χ0v) is 9.95. The van der Waals surface area contributed by atoms with Crippen LogP contribution in [0.3, 0.4) is 0 Å². The fourth-order valence-electron chi connectivity index (χ4n) is 1.48. The Kier molecular flexibility index (Phi) is 6.37. The minimum absolute atomic E-state index is 0.475. The first-order chi connectivity index (χ1) is 7.83. The first kappa shape index (κ1) is 12.8. The van der Waals surface area contributed by atoms with Crippen LogP contribution in [0.15, 0.2) is 30.3 Å². The molecule has 0 spiro atoms. The van der Waals surface area contributed by atoms with Gasteiger partial charge in [0.1, 0.15) is 6.10 Å². The number of rotatable bonds is 5. The second-order valence-corrected chi connectivity index (χ2v) is 3.96. The number of unbranched alkanes of at least 4 members (excludes halogenated alkanes) is 2. The lowest BCUT2D eigenvalue weighted by molar-refractivity contribution is 0.222. The Morgan fingerprint density at radius 3 is 2.69 bits per heavy atom. The molecular formula is C15H20O. The van der Waals surface area contributed by atoms with Gasteiger partial charge < -0.3 is 5.11 Å². The molecule has 1 aromatic rings. The van der Waals surface area contributed by atoms with Crippen molar-refractivity contribution < 1.29 is 5.11 Å². The van der Waals surface area contributed by atoms with Crippen molar-refractivity contribution in [1.82, 2.24) is 0 Å². The van der Waals surface area contributed by atoms with Crippen LogP contribution in [0.2, 0.25) is 0 Å². The average molecular weight is 216 g/mol. The van der Waals surface area contributed by atoms with E-state index in [0.717, 1.165) is 32.1 Å². The van der Waals surface area contributed by atoms with E-state index in [1.807, 2.05) is 18.2 Å². The van der Waals surface area contributed by atoms with Crippen LogP contribution in [-0.2, 0) is 6.42 Å². The van der Waals surface area contributed by atoms with Crippen molar-refractivity contribution in [3.8, 4) is 11.8 Å². The molecule has 1 atom stereocenters. The standard InChI is InChI=1S/C15H20O/c1-2-3-4-8-11-15(16)13-12-14-9-6-5-7-10-14/h5-7,9-10,15-16H,2-4,12-13H2,1H3. The SMILES string of the molecule is CCCCC#CC(O)CCc1ccccc1. The molecule has 0 heterocycles. The van der Waals surface area contributed by atoms with Gasteiger partial charge in [0.25, 0.3) is 0 Å². The molecule has 16 heavy (non-hydrogen) atoms. The Balaban J connectivity index is 2.24. The van der Waals surface area contributed by atoms with Gasteiger partial charge in [0, 0.05) is 6.42 Å². The highest BCUT2D eigenvalue weighted by Crippen LogP contribution is 2.04. The topological polar surface area (TPSA) is 20.2 Å².